The molecule has 2 unspecified atom stereocenters. The fraction of sp³-hybridized carbons (Fsp3) is 0.409. The number of nitrogens with one attached hydrogen (secondary N) is 1. The maximum Gasteiger partial charge on any atom is 0.248 e. The van der Waals surface area contributed by atoms with E-state index in [-0.39, 0.29) is 17.4 Å². The Bertz CT molecular complexity index is 795. The third-order valence-corrected chi connectivity index (χ3v) is 6.55. The van der Waals surface area contributed by atoms with Crippen molar-refractivity contribution in [1.29, 1.82) is 0 Å². The highest BCUT2D eigenvalue weighted by Crippen LogP contribution is 2.57. The Balaban J connectivity index is 1.63. The number of benzene rings is 2. The van der Waals surface area contributed by atoms with Crippen molar-refractivity contribution in [3.63, 3.8) is 0 Å². The number of rotatable bonds is 1. The summed E-state index contributed by atoms with van der Waals surface area (Å²) < 4.78 is 0. The van der Waals surface area contributed by atoms with E-state index in [4.69, 9.17) is 0 Å². The second-order valence-corrected chi connectivity index (χ2v) is 7.82. The van der Waals surface area contributed by atoms with Crippen molar-refractivity contribution in [3.8, 4) is 0 Å². The van der Waals surface area contributed by atoms with Crippen molar-refractivity contribution in [2.75, 3.05) is 5.43 Å². The van der Waals surface area contributed by atoms with Crippen LogP contribution in [0.5, 0.6) is 0 Å². The number of hydrogen-bond donors (Lipinski definition) is 1. The third kappa shape index (κ3) is 2.14. The zero-order valence-electron chi connectivity index (χ0n) is 14.4. The molecule has 3 aliphatic rings. The van der Waals surface area contributed by atoms with E-state index in [0.29, 0.717) is 5.91 Å². The first-order chi connectivity index (χ1) is 12.3. The molecule has 3 nitrogen and oxygen atoms in total. The van der Waals surface area contributed by atoms with Crippen LogP contribution in [0.25, 0.3) is 0 Å². The number of nitrogens with zero attached hydrogens (tertiary/aromatic N) is 1. The first kappa shape index (κ1) is 15.0. The molecular weight excluding hydrogens is 308 g/mol. The lowest BCUT2D eigenvalue weighted by Crippen LogP contribution is -2.44. The quantitative estimate of drug-likeness (QED) is 0.833. The van der Waals surface area contributed by atoms with Crippen molar-refractivity contribution in [2.45, 2.75) is 50.5 Å². The fourth-order valence-electron chi connectivity index (χ4n) is 5.46. The molecule has 5 rings (SSSR count). The van der Waals surface area contributed by atoms with Crippen LogP contribution in [-0.2, 0) is 11.2 Å². The molecule has 2 heterocycles. The highest BCUT2D eigenvalue weighted by atomic mass is 16.2. The van der Waals surface area contributed by atoms with Crippen molar-refractivity contribution in [3.05, 3.63) is 65.7 Å². The number of fused-ring (bicyclic) bond motifs is 2. The van der Waals surface area contributed by atoms with E-state index in [0.717, 1.165) is 24.9 Å². The van der Waals surface area contributed by atoms with Gasteiger partial charge >= 0.3 is 0 Å². The van der Waals surface area contributed by atoms with Crippen LogP contribution in [0.1, 0.15) is 49.1 Å². The summed E-state index contributed by atoms with van der Waals surface area (Å²) in [6.45, 7) is 0. The first-order valence-electron chi connectivity index (χ1n) is 9.53. The maximum atomic E-state index is 13.6. The normalized spacial score (nSPS) is 26.9. The fourth-order valence-corrected chi connectivity index (χ4v) is 5.46. The molecule has 2 atom stereocenters. The van der Waals surface area contributed by atoms with E-state index >= 15 is 0 Å². The Kier molecular flexibility index (Phi) is 3.37. The number of carbonyl (C=O) groups is 1. The number of hydrogen-bond acceptors (Lipinski definition) is 2. The SMILES string of the molecule is O=C1N2Nc3ccccc3CC2C(c2ccccc2)C12CCCCC2. The maximum absolute atomic E-state index is 13.6. The van der Waals surface area contributed by atoms with E-state index in [2.05, 4.69) is 54.0 Å². The minimum atomic E-state index is -0.223. The standard InChI is InChI=1S/C22H24N2O/c25-21-22(13-7-2-8-14-22)20(16-9-3-1-4-10-16)19-15-17-11-5-6-12-18(17)23-24(19)21/h1,3-6,9-12,19-20,23H,2,7-8,13-15H2. The molecule has 2 aromatic rings. The van der Waals surface area contributed by atoms with Gasteiger partial charge in [0, 0.05) is 5.92 Å². The molecule has 1 spiro atoms. The zero-order chi connectivity index (χ0) is 16.9. The summed E-state index contributed by atoms with van der Waals surface area (Å²) in [6, 6.07) is 19.4. The van der Waals surface area contributed by atoms with Gasteiger partial charge in [-0.3, -0.25) is 15.2 Å². The van der Waals surface area contributed by atoms with Crippen LogP contribution in [0, 0.1) is 5.41 Å². The van der Waals surface area contributed by atoms with Crippen LogP contribution in [0.3, 0.4) is 0 Å². The van der Waals surface area contributed by atoms with Crippen LogP contribution < -0.4 is 5.43 Å². The molecule has 1 aliphatic carbocycles. The van der Waals surface area contributed by atoms with Crippen molar-refractivity contribution in [2.24, 2.45) is 5.41 Å². The molecular formula is C22H24N2O. The summed E-state index contributed by atoms with van der Waals surface area (Å²) in [5, 5.41) is 1.98. The van der Waals surface area contributed by atoms with E-state index in [1.807, 2.05) is 11.1 Å². The Hall–Kier alpha value is -2.29. The molecule has 1 N–H and O–H groups in total. The number of para-hydroxylation sites is 1. The molecule has 25 heavy (non-hydrogen) atoms. The lowest BCUT2D eigenvalue weighted by molar-refractivity contribution is -0.137. The largest absolute Gasteiger partial charge is 0.295 e. The lowest BCUT2D eigenvalue weighted by Gasteiger charge is -2.38. The Morgan fingerprint density at radius 2 is 1.64 bits per heavy atom. The van der Waals surface area contributed by atoms with Crippen LogP contribution >= 0.6 is 0 Å². The summed E-state index contributed by atoms with van der Waals surface area (Å²) >= 11 is 0. The number of amides is 1. The van der Waals surface area contributed by atoms with Crippen molar-refractivity contribution >= 4 is 11.6 Å². The van der Waals surface area contributed by atoms with Crippen LogP contribution in [0.2, 0.25) is 0 Å². The average Bonchev–Trinajstić information content (AvgIpc) is 2.89. The lowest BCUT2D eigenvalue weighted by atomic mass is 9.63. The Morgan fingerprint density at radius 1 is 0.920 bits per heavy atom. The molecule has 0 bridgehead atoms. The van der Waals surface area contributed by atoms with Crippen molar-refractivity contribution < 1.29 is 4.79 Å². The summed E-state index contributed by atoms with van der Waals surface area (Å²) in [5.41, 5.74) is 6.98. The third-order valence-electron chi connectivity index (χ3n) is 6.55. The number of carbonyl (C=O) groups excluding carboxylic acids is 1. The number of hydrazine groups is 1. The predicted octanol–water partition coefficient (Wildman–Crippen LogP) is 4.51. The molecule has 1 saturated heterocycles. The van der Waals surface area contributed by atoms with Crippen LogP contribution in [0.15, 0.2) is 54.6 Å². The molecule has 128 valence electrons. The van der Waals surface area contributed by atoms with Gasteiger partial charge in [0.1, 0.15) is 0 Å². The van der Waals surface area contributed by atoms with E-state index in [1.54, 1.807) is 0 Å². The van der Waals surface area contributed by atoms with Crippen molar-refractivity contribution in [1.82, 2.24) is 5.01 Å². The molecule has 2 fully saturated rings. The van der Waals surface area contributed by atoms with Gasteiger partial charge in [0.2, 0.25) is 5.91 Å². The second kappa shape index (κ2) is 5.62. The minimum Gasteiger partial charge on any atom is -0.295 e. The predicted molar refractivity (Wildman–Crippen MR) is 99.1 cm³/mol. The van der Waals surface area contributed by atoms with Gasteiger partial charge < -0.3 is 0 Å². The monoisotopic (exact) mass is 332 g/mol. The average molecular weight is 332 g/mol. The minimum absolute atomic E-state index is 0.211. The molecule has 2 aliphatic heterocycles. The van der Waals surface area contributed by atoms with E-state index in [9.17, 15) is 4.79 Å². The summed E-state index contributed by atoms with van der Waals surface area (Å²) in [5.74, 6) is 0.600. The first-order valence-corrected chi connectivity index (χ1v) is 9.53. The molecule has 0 radical (unpaired) electrons. The molecule has 1 amide bonds. The van der Waals surface area contributed by atoms with Gasteiger partial charge in [-0.1, -0.05) is 67.8 Å². The van der Waals surface area contributed by atoms with Gasteiger partial charge in [-0.15, -0.1) is 0 Å². The molecule has 2 aromatic carbocycles. The topological polar surface area (TPSA) is 32.3 Å². The van der Waals surface area contributed by atoms with Gasteiger partial charge in [0.25, 0.3) is 0 Å². The Labute approximate surface area is 149 Å². The number of anilines is 1. The van der Waals surface area contributed by atoms with Gasteiger partial charge in [0.05, 0.1) is 17.1 Å². The van der Waals surface area contributed by atoms with Gasteiger partial charge in [-0.2, -0.15) is 0 Å². The zero-order valence-corrected chi connectivity index (χ0v) is 14.4. The van der Waals surface area contributed by atoms with Gasteiger partial charge in [0.15, 0.2) is 0 Å². The van der Waals surface area contributed by atoms with Crippen LogP contribution in [0.4, 0.5) is 5.69 Å². The van der Waals surface area contributed by atoms with E-state index < -0.39 is 0 Å². The smallest absolute Gasteiger partial charge is 0.248 e. The van der Waals surface area contributed by atoms with Gasteiger partial charge in [-0.05, 0) is 36.5 Å². The van der Waals surface area contributed by atoms with Crippen LogP contribution in [-0.4, -0.2) is 17.0 Å². The summed E-state index contributed by atoms with van der Waals surface area (Å²) in [4.78, 5) is 13.6. The molecule has 1 saturated carbocycles. The highest BCUT2D eigenvalue weighted by Gasteiger charge is 2.60. The summed E-state index contributed by atoms with van der Waals surface area (Å²) in [7, 11) is 0. The Morgan fingerprint density at radius 3 is 2.44 bits per heavy atom. The van der Waals surface area contributed by atoms with Gasteiger partial charge in [-0.25, -0.2) is 0 Å². The highest BCUT2D eigenvalue weighted by molar-refractivity contribution is 5.89. The van der Waals surface area contributed by atoms with E-state index in [1.165, 1.54) is 30.4 Å². The molecule has 3 heteroatoms. The molecule has 0 aromatic heterocycles. The summed E-state index contributed by atoms with van der Waals surface area (Å²) in [6.07, 6.45) is 6.59. The second-order valence-electron chi connectivity index (χ2n) is 7.82.